The maximum atomic E-state index is 13.7. The first kappa shape index (κ1) is 24.1. The number of nitrogens with one attached hydrogen (secondary N) is 1. The van der Waals surface area contributed by atoms with Crippen LogP contribution in [0.25, 0.3) is 0 Å². The first-order valence-corrected chi connectivity index (χ1v) is 11.6. The van der Waals surface area contributed by atoms with Gasteiger partial charge in [0.2, 0.25) is 15.9 Å². The summed E-state index contributed by atoms with van der Waals surface area (Å²) in [6.07, 6.45) is 0. The van der Waals surface area contributed by atoms with Gasteiger partial charge in [0.1, 0.15) is 10.7 Å². The van der Waals surface area contributed by atoms with Gasteiger partial charge in [0.15, 0.2) is 0 Å². The molecule has 0 bridgehead atoms. The predicted molar refractivity (Wildman–Crippen MR) is 118 cm³/mol. The molecule has 0 radical (unpaired) electrons. The number of carbonyl (C=O) groups is 2. The molecule has 1 saturated heterocycles. The number of anilines is 1. The molecule has 2 aromatic carbocycles. The van der Waals surface area contributed by atoms with E-state index in [0.29, 0.717) is 18.8 Å². The third-order valence-corrected chi connectivity index (χ3v) is 7.33. The maximum absolute atomic E-state index is 13.7. The zero-order chi connectivity index (χ0) is 23.5. The summed E-state index contributed by atoms with van der Waals surface area (Å²) in [6.45, 7) is 2.27. The van der Waals surface area contributed by atoms with Crippen molar-refractivity contribution in [2.45, 2.75) is 11.8 Å². The van der Waals surface area contributed by atoms with Crippen molar-refractivity contribution in [1.82, 2.24) is 9.21 Å². The van der Waals surface area contributed by atoms with Gasteiger partial charge < -0.3 is 15.0 Å². The number of hydrogen-bond acceptors (Lipinski definition) is 5. The Morgan fingerprint density at radius 2 is 1.88 bits per heavy atom. The second-order valence-corrected chi connectivity index (χ2v) is 9.65. The number of carbonyl (C=O) groups excluding carboxylic acids is 2. The Hall–Kier alpha value is -2.53. The van der Waals surface area contributed by atoms with Crippen LogP contribution in [0.2, 0.25) is 5.02 Å². The van der Waals surface area contributed by atoms with Gasteiger partial charge in [-0.1, -0.05) is 17.7 Å². The van der Waals surface area contributed by atoms with E-state index in [4.69, 9.17) is 16.3 Å². The molecule has 1 fully saturated rings. The van der Waals surface area contributed by atoms with E-state index < -0.39 is 27.7 Å². The van der Waals surface area contributed by atoms with Crippen LogP contribution >= 0.6 is 11.6 Å². The molecule has 1 N–H and O–H groups in total. The molecule has 172 valence electrons. The van der Waals surface area contributed by atoms with Crippen molar-refractivity contribution in [3.63, 3.8) is 0 Å². The van der Waals surface area contributed by atoms with Crippen molar-refractivity contribution < 1.29 is 27.1 Å². The number of sulfonamides is 1. The minimum atomic E-state index is -3.86. The minimum Gasteiger partial charge on any atom is -0.379 e. The zero-order valence-corrected chi connectivity index (χ0v) is 19.2. The number of hydrogen-bond donors (Lipinski definition) is 1. The summed E-state index contributed by atoms with van der Waals surface area (Å²) in [4.78, 5) is 25.9. The van der Waals surface area contributed by atoms with Crippen molar-refractivity contribution in [3.05, 3.63) is 58.4 Å². The Labute approximate surface area is 191 Å². The summed E-state index contributed by atoms with van der Waals surface area (Å²) < 4.78 is 46.0. The third-order valence-electron chi connectivity index (χ3n) is 4.95. The van der Waals surface area contributed by atoms with Gasteiger partial charge in [-0.3, -0.25) is 9.59 Å². The zero-order valence-electron chi connectivity index (χ0n) is 17.6. The molecular formula is C21H23ClFN3O5S. The highest BCUT2D eigenvalue weighted by molar-refractivity contribution is 7.89. The molecule has 0 unspecified atom stereocenters. The summed E-state index contributed by atoms with van der Waals surface area (Å²) in [5.41, 5.74) is 0.745. The van der Waals surface area contributed by atoms with Gasteiger partial charge in [0, 0.05) is 31.4 Å². The summed E-state index contributed by atoms with van der Waals surface area (Å²) >= 11 is 6.12. The maximum Gasteiger partial charge on any atom is 0.254 e. The molecule has 0 aliphatic carbocycles. The molecule has 1 aliphatic rings. The van der Waals surface area contributed by atoms with Crippen LogP contribution in [0.3, 0.4) is 0 Å². The first-order valence-electron chi connectivity index (χ1n) is 9.78. The van der Waals surface area contributed by atoms with E-state index in [9.17, 15) is 22.4 Å². The lowest BCUT2D eigenvalue weighted by Crippen LogP contribution is -2.40. The van der Waals surface area contributed by atoms with Crippen LogP contribution in [0.15, 0.2) is 41.3 Å². The second-order valence-electron chi connectivity index (χ2n) is 7.34. The van der Waals surface area contributed by atoms with Crippen LogP contribution in [-0.2, 0) is 19.6 Å². The van der Waals surface area contributed by atoms with Crippen molar-refractivity contribution in [1.29, 1.82) is 0 Å². The quantitative estimate of drug-likeness (QED) is 0.681. The average molecular weight is 484 g/mol. The molecule has 1 aliphatic heterocycles. The van der Waals surface area contributed by atoms with Crippen LogP contribution in [0.1, 0.15) is 15.9 Å². The van der Waals surface area contributed by atoms with Crippen LogP contribution < -0.4 is 5.32 Å². The molecule has 0 aromatic heterocycles. The third kappa shape index (κ3) is 5.44. The molecular weight excluding hydrogens is 461 g/mol. The number of ether oxygens (including phenoxy) is 1. The van der Waals surface area contributed by atoms with E-state index >= 15 is 0 Å². The molecule has 0 atom stereocenters. The molecule has 0 saturated carbocycles. The Morgan fingerprint density at radius 1 is 1.19 bits per heavy atom. The van der Waals surface area contributed by atoms with Crippen LogP contribution in [0.5, 0.6) is 0 Å². The van der Waals surface area contributed by atoms with E-state index in [1.807, 2.05) is 0 Å². The lowest BCUT2D eigenvalue weighted by Gasteiger charge is -2.26. The van der Waals surface area contributed by atoms with Gasteiger partial charge in [-0.05, 0) is 42.8 Å². The molecule has 2 aromatic rings. The molecule has 3 rings (SSSR count). The first-order chi connectivity index (χ1) is 15.1. The number of nitrogens with zero attached hydrogens (tertiary/aromatic N) is 2. The highest BCUT2D eigenvalue weighted by Crippen LogP contribution is 2.28. The highest BCUT2D eigenvalue weighted by Gasteiger charge is 2.28. The van der Waals surface area contributed by atoms with Gasteiger partial charge in [-0.2, -0.15) is 4.31 Å². The molecule has 2 amide bonds. The fourth-order valence-electron chi connectivity index (χ4n) is 3.14. The summed E-state index contributed by atoms with van der Waals surface area (Å²) in [5.74, 6) is -1.58. The topological polar surface area (TPSA) is 96.0 Å². The second kappa shape index (κ2) is 9.95. The number of amides is 2. The Bertz CT molecular complexity index is 1140. The summed E-state index contributed by atoms with van der Waals surface area (Å²) in [5, 5.41) is 2.60. The monoisotopic (exact) mass is 483 g/mol. The normalized spacial score (nSPS) is 14.8. The fraction of sp³-hybridized carbons (Fsp3) is 0.333. The minimum absolute atomic E-state index is 0.0307. The van der Waals surface area contributed by atoms with Gasteiger partial charge in [-0.25, -0.2) is 12.8 Å². The highest BCUT2D eigenvalue weighted by atomic mass is 35.5. The van der Waals surface area contributed by atoms with Crippen molar-refractivity contribution >= 4 is 39.1 Å². The number of aryl methyl sites for hydroxylation is 1. The lowest BCUT2D eigenvalue weighted by atomic mass is 10.1. The molecule has 11 heteroatoms. The predicted octanol–water partition coefficient (Wildman–Crippen LogP) is 2.52. The van der Waals surface area contributed by atoms with Gasteiger partial charge >= 0.3 is 0 Å². The molecule has 32 heavy (non-hydrogen) atoms. The number of morpholine rings is 1. The molecule has 8 nitrogen and oxygen atoms in total. The van der Waals surface area contributed by atoms with Crippen molar-refractivity contribution in [2.24, 2.45) is 0 Å². The van der Waals surface area contributed by atoms with Gasteiger partial charge in [0.25, 0.3) is 5.91 Å². The van der Waals surface area contributed by atoms with E-state index in [0.717, 1.165) is 11.0 Å². The largest absolute Gasteiger partial charge is 0.379 e. The van der Waals surface area contributed by atoms with E-state index in [1.54, 1.807) is 6.92 Å². The Kier molecular flexibility index (Phi) is 7.50. The molecule has 0 spiro atoms. The number of benzene rings is 2. The fourth-order valence-corrected chi connectivity index (χ4v) is 5.05. The Balaban J connectivity index is 1.70. The smallest absolute Gasteiger partial charge is 0.254 e. The van der Waals surface area contributed by atoms with Crippen LogP contribution in [0.4, 0.5) is 10.1 Å². The summed E-state index contributed by atoms with van der Waals surface area (Å²) in [6, 6.07) is 8.22. The SMILES string of the molecule is Cc1ccc(C(=O)N(C)CC(=O)Nc2ccc(Cl)c(S(=O)(=O)N3CCOCC3)c2)cc1F. The average Bonchev–Trinajstić information content (AvgIpc) is 2.76. The van der Waals surface area contributed by atoms with Crippen molar-refractivity contribution in [3.8, 4) is 0 Å². The molecule has 1 heterocycles. The lowest BCUT2D eigenvalue weighted by molar-refractivity contribution is -0.116. The van der Waals surface area contributed by atoms with Gasteiger partial charge in [-0.15, -0.1) is 0 Å². The van der Waals surface area contributed by atoms with E-state index in [-0.39, 0.29) is 40.8 Å². The standard InChI is InChI=1S/C21H23ClFN3O5S/c1-14-3-4-15(11-18(14)23)21(28)25(2)13-20(27)24-16-5-6-17(22)19(12-16)32(29,30)26-7-9-31-10-8-26/h3-6,11-12H,7-10,13H2,1-2H3,(H,24,27). The van der Waals surface area contributed by atoms with Crippen molar-refractivity contribution in [2.75, 3.05) is 45.2 Å². The van der Waals surface area contributed by atoms with E-state index in [2.05, 4.69) is 5.32 Å². The Morgan fingerprint density at radius 3 is 2.53 bits per heavy atom. The summed E-state index contributed by atoms with van der Waals surface area (Å²) in [7, 11) is -2.45. The number of rotatable bonds is 6. The number of likely N-dealkylation sites (N-methyl/N-ethyl adjacent to an activating group) is 1. The number of halogens is 2. The van der Waals surface area contributed by atoms with E-state index in [1.165, 1.54) is 41.7 Å². The van der Waals surface area contributed by atoms with Crippen LogP contribution in [0, 0.1) is 12.7 Å². The van der Waals surface area contributed by atoms with Gasteiger partial charge in [0.05, 0.1) is 24.8 Å². The van der Waals surface area contributed by atoms with Crippen LogP contribution in [-0.4, -0.2) is 69.3 Å².